The zero-order chi connectivity index (χ0) is 22.6. The number of piperidine rings is 1. The van der Waals surface area contributed by atoms with Gasteiger partial charge in [0.2, 0.25) is 0 Å². The number of carbonyl (C=O) groups excluding carboxylic acids is 1. The van der Waals surface area contributed by atoms with Crippen LogP contribution in [0.2, 0.25) is 0 Å². The topological polar surface area (TPSA) is 150 Å². The molecule has 2 aromatic rings. The number of nitrogens with one attached hydrogen (secondary N) is 1. The first kappa shape index (κ1) is 21.8. The van der Waals surface area contributed by atoms with E-state index in [1.807, 2.05) is 0 Å². The third kappa shape index (κ3) is 4.63. The van der Waals surface area contributed by atoms with Crippen LogP contribution in [0.1, 0.15) is 28.8 Å². The second kappa shape index (κ2) is 8.82. The molecule has 10 heteroatoms. The average molecular weight is 427 g/mol. The van der Waals surface area contributed by atoms with Crippen LogP contribution in [-0.4, -0.2) is 56.1 Å². The van der Waals surface area contributed by atoms with Gasteiger partial charge in [0.25, 0.3) is 11.6 Å². The van der Waals surface area contributed by atoms with Crippen molar-refractivity contribution in [1.29, 1.82) is 0 Å². The number of nitro benzene ring substituents is 1. The van der Waals surface area contributed by atoms with Gasteiger partial charge in [0.1, 0.15) is 5.54 Å². The van der Waals surface area contributed by atoms with Crippen molar-refractivity contribution in [3.05, 3.63) is 75.8 Å². The first-order valence-electron chi connectivity index (χ1n) is 9.56. The van der Waals surface area contributed by atoms with Crippen molar-refractivity contribution >= 4 is 23.7 Å². The van der Waals surface area contributed by atoms with Gasteiger partial charge >= 0.3 is 12.1 Å². The maximum absolute atomic E-state index is 12.4. The minimum Gasteiger partial charge on any atom is -0.479 e. The Morgan fingerprint density at radius 3 is 2.29 bits per heavy atom. The molecule has 0 spiro atoms. The van der Waals surface area contributed by atoms with Crippen LogP contribution in [-0.2, 0) is 11.2 Å². The summed E-state index contributed by atoms with van der Waals surface area (Å²) in [7, 11) is 0. The van der Waals surface area contributed by atoms with E-state index in [-0.39, 0.29) is 37.4 Å². The number of benzene rings is 2. The van der Waals surface area contributed by atoms with Gasteiger partial charge in [-0.2, -0.15) is 0 Å². The van der Waals surface area contributed by atoms with Crippen LogP contribution in [0.3, 0.4) is 0 Å². The summed E-state index contributed by atoms with van der Waals surface area (Å²) in [5.74, 6) is -1.67. The Bertz CT molecular complexity index is 994. The van der Waals surface area contributed by atoms with Gasteiger partial charge in [0, 0.05) is 36.7 Å². The van der Waals surface area contributed by atoms with Crippen molar-refractivity contribution in [3.8, 4) is 0 Å². The summed E-state index contributed by atoms with van der Waals surface area (Å²) in [6, 6.07) is 13.2. The van der Waals surface area contributed by atoms with Crippen molar-refractivity contribution in [2.75, 3.05) is 6.54 Å². The number of rotatable bonds is 6. The SMILES string of the molecule is O=C(NC1CCC(Cc2ccc([N+](=O)[O-])cc2)(C(=O)O)N(C(=O)O)C1)c1ccccc1. The van der Waals surface area contributed by atoms with Crippen molar-refractivity contribution in [2.24, 2.45) is 0 Å². The van der Waals surface area contributed by atoms with Crippen molar-refractivity contribution in [2.45, 2.75) is 30.8 Å². The largest absolute Gasteiger partial charge is 0.479 e. The molecule has 0 radical (unpaired) electrons. The maximum Gasteiger partial charge on any atom is 0.408 e. The highest BCUT2D eigenvalue weighted by atomic mass is 16.6. The third-order valence-electron chi connectivity index (χ3n) is 5.47. The third-order valence-corrected chi connectivity index (χ3v) is 5.47. The van der Waals surface area contributed by atoms with Gasteiger partial charge in [0.05, 0.1) is 4.92 Å². The molecule has 2 amide bonds. The van der Waals surface area contributed by atoms with Crippen LogP contribution in [0, 0.1) is 10.1 Å². The van der Waals surface area contributed by atoms with E-state index in [4.69, 9.17) is 0 Å². The summed E-state index contributed by atoms with van der Waals surface area (Å²) in [5.41, 5.74) is -0.998. The molecule has 2 unspecified atom stereocenters. The van der Waals surface area contributed by atoms with Crippen LogP contribution < -0.4 is 5.32 Å². The van der Waals surface area contributed by atoms with Crippen LogP contribution in [0.15, 0.2) is 54.6 Å². The van der Waals surface area contributed by atoms with Crippen LogP contribution >= 0.6 is 0 Å². The van der Waals surface area contributed by atoms with Gasteiger partial charge in [-0.25, -0.2) is 9.59 Å². The predicted octanol–water partition coefficient (Wildman–Crippen LogP) is 2.53. The van der Waals surface area contributed by atoms with E-state index < -0.39 is 28.6 Å². The molecule has 1 heterocycles. The Morgan fingerprint density at radius 1 is 1.10 bits per heavy atom. The Labute approximate surface area is 177 Å². The first-order valence-corrected chi connectivity index (χ1v) is 9.56. The highest BCUT2D eigenvalue weighted by Gasteiger charge is 2.50. The molecule has 0 aromatic heterocycles. The lowest BCUT2D eigenvalue weighted by Crippen LogP contribution is -2.65. The molecule has 1 saturated heterocycles. The zero-order valence-electron chi connectivity index (χ0n) is 16.4. The fourth-order valence-corrected chi connectivity index (χ4v) is 3.83. The van der Waals surface area contributed by atoms with Gasteiger partial charge in [0.15, 0.2) is 0 Å². The molecule has 0 saturated carbocycles. The minimum atomic E-state index is -1.74. The van der Waals surface area contributed by atoms with Gasteiger partial charge in [-0.05, 0) is 30.5 Å². The molecule has 10 nitrogen and oxygen atoms in total. The molecule has 2 aromatic carbocycles. The number of likely N-dealkylation sites (tertiary alicyclic amines) is 1. The van der Waals surface area contributed by atoms with Gasteiger partial charge in [-0.1, -0.05) is 30.3 Å². The predicted molar refractivity (Wildman–Crippen MR) is 109 cm³/mol. The number of nitrogens with zero attached hydrogens (tertiary/aromatic N) is 2. The van der Waals surface area contributed by atoms with E-state index in [0.717, 1.165) is 4.90 Å². The van der Waals surface area contributed by atoms with E-state index in [9.17, 15) is 34.7 Å². The Balaban J connectivity index is 1.81. The molecule has 162 valence electrons. The molecule has 3 rings (SSSR count). The van der Waals surface area contributed by atoms with E-state index in [1.54, 1.807) is 30.3 Å². The van der Waals surface area contributed by atoms with Gasteiger partial charge in [-0.3, -0.25) is 19.8 Å². The number of carboxylic acid groups (broad SMARTS) is 2. The highest BCUT2D eigenvalue weighted by molar-refractivity contribution is 5.94. The van der Waals surface area contributed by atoms with E-state index in [2.05, 4.69) is 5.32 Å². The lowest BCUT2D eigenvalue weighted by atomic mass is 9.80. The number of hydrogen-bond donors (Lipinski definition) is 3. The number of non-ortho nitro benzene ring substituents is 1. The maximum atomic E-state index is 12.4. The lowest BCUT2D eigenvalue weighted by molar-refractivity contribution is -0.384. The number of carbonyl (C=O) groups is 3. The standard InChI is InChI=1S/C21H21N3O7/c25-18(15-4-2-1-3-5-15)22-16-10-11-21(19(26)27,23(13-16)20(28)29)12-14-6-8-17(9-7-14)24(30)31/h1-9,16H,10-13H2,(H,22,25)(H,26,27)(H,28,29). The van der Waals surface area contributed by atoms with Crippen LogP contribution in [0.5, 0.6) is 0 Å². The Kier molecular flexibility index (Phi) is 6.19. The number of hydrogen-bond acceptors (Lipinski definition) is 5. The zero-order valence-corrected chi connectivity index (χ0v) is 16.4. The quantitative estimate of drug-likeness (QED) is 0.473. The Hall–Kier alpha value is -3.95. The van der Waals surface area contributed by atoms with E-state index in [0.29, 0.717) is 11.1 Å². The molecule has 0 aliphatic carbocycles. The van der Waals surface area contributed by atoms with Crippen molar-refractivity contribution < 1.29 is 29.5 Å². The number of aliphatic carboxylic acids is 1. The molecule has 1 aliphatic rings. The smallest absolute Gasteiger partial charge is 0.408 e. The second-order valence-electron chi connectivity index (χ2n) is 7.41. The number of carboxylic acids is 1. The molecule has 1 aliphatic heterocycles. The second-order valence-corrected chi connectivity index (χ2v) is 7.41. The lowest BCUT2D eigenvalue weighted by Gasteiger charge is -2.45. The van der Waals surface area contributed by atoms with Crippen LogP contribution in [0.25, 0.3) is 0 Å². The monoisotopic (exact) mass is 427 g/mol. The summed E-state index contributed by atoms with van der Waals surface area (Å²) in [4.78, 5) is 47.7. The summed E-state index contributed by atoms with van der Waals surface area (Å²) < 4.78 is 0. The molecular weight excluding hydrogens is 406 g/mol. The summed E-state index contributed by atoms with van der Waals surface area (Å²) in [5, 5.41) is 33.3. The Morgan fingerprint density at radius 2 is 1.74 bits per heavy atom. The van der Waals surface area contributed by atoms with Gasteiger partial charge < -0.3 is 15.5 Å². The minimum absolute atomic E-state index is 0.0225. The van der Waals surface area contributed by atoms with E-state index in [1.165, 1.54) is 24.3 Å². The molecule has 3 N–H and O–H groups in total. The average Bonchev–Trinajstić information content (AvgIpc) is 2.75. The molecule has 1 fully saturated rings. The number of nitro groups is 1. The fraction of sp³-hybridized carbons (Fsp3) is 0.286. The number of amides is 2. The highest BCUT2D eigenvalue weighted by Crippen LogP contribution is 2.33. The van der Waals surface area contributed by atoms with Crippen LogP contribution in [0.4, 0.5) is 10.5 Å². The molecular formula is C21H21N3O7. The molecule has 31 heavy (non-hydrogen) atoms. The summed E-state index contributed by atoms with van der Waals surface area (Å²) in [6.07, 6.45) is -1.32. The van der Waals surface area contributed by atoms with Crippen molar-refractivity contribution in [1.82, 2.24) is 10.2 Å². The molecule has 2 atom stereocenters. The summed E-state index contributed by atoms with van der Waals surface area (Å²) in [6.45, 7) is -0.187. The summed E-state index contributed by atoms with van der Waals surface area (Å²) >= 11 is 0. The van der Waals surface area contributed by atoms with Crippen molar-refractivity contribution in [3.63, 3.8) is 0 Å². The van der Waals surface area contributed by atoms with Gasteiger partial charge in [-0.15, -0.1) is 0 Å². The fourth-order valence-electron chi connectivity index (χ4n) is 3.83. The molecule has 0 bridgehead atoms. The van der Waals surface area contributed by atoms with E-state index >= 15 is 0 Å². The normalized spacial score (nSPS) is 20.6. The first-order chi connectivity index (χ1) is 14.7.